The molecule has 0 radical (unpaired) electrons. The van der Waals surface area contributed by atoms with Gasteiger partial charge in [0, 0.05) is 6.61 Å². The molecule has 1 saturated heterocycles. The zero-order valence-electron chi connectivity index (χ0n) is 18.3. The molecule has 30 heavy (non-hydrogen) atoms. The van der Waals surface area contributed by atoms with Crippen molar-refractivity contribution in [1.29, 1.82) is 0 Å². The Kier molecular flexibility index (Phi) is 6.27. The molecule has 1 atom stereocenters. The van der Waals surface area contributed by atoms with Crippen molar-refractivity contribution >= 4 is 27.5 Å². The van der Waals surface area contributed by atoms with Crippen LogP contribution in [0.3, 0.4) is 0 Å². The van der Waals surface area contributed by atoms with Crippen LogP contribution in [0.4, 0.5) is 0 Å². The topological polar surface area (TPSA) is 18.5 Å². The Morgan fingerprint density at radius 1 is 0.767 bits per heavy atom. The SMILES string of the molecule is C[Si](C)(C)C1(c2ccc(O[SiH](c3ccccc3)c3ccccc3)cc2)CCCCO1. The van der Waals surface area contributed by atoms with Gasteiger partial charge in [-0.15, -0.1) is 0 Å². The summed E-state index contributed by atoms with van der Waals surface area (Å²) in [7, 11) is -3.36. The third kappa shape index (κ3) is 4.31. The lowest BCUT2D eigenvalue weighted by atomic mass is 10.0. The van der Waals surface area contributed by atoms with Crippen LogP contribution in [0.15, 0.2) is 84.9 Å². The fourth-order valence-electron chi connectivity index (χ4n) is 4.57. The molecule has 0 N–H and O–H groups in total. The van der Waals surface area contributed by atoms with Gasteiger partial charge in [-0.2, -0.15) is 0 Å². The van der Waals surface area contributed by atoms with Crippen LogP contribution in [0.2, 0.25) is 19.6 Å². The maximum atomic E-state index is 6.66. The molecule has 2 nitrogen and oxygen atoms in total. The maximum absolute atomic E-state index is 6.66. The van der Waals surface area contributed by atoms with Crippen molar-refractivity contribution in [3.63, 3.8) is 0 Å². The molecule has 1 aliphatic heterocycles. The van der Waals surface area contributed by atoms with Crippen LogP contribution in [0.1, 0.15) is 24.8 Å². The quantitative estimate of drug-likeness (QED) is 0.517. The van der Waals surface area contributed by atoms with Gasteiger partial charge in [0.15, 0.2) is 0 Å². The van der Waals surface area contributed by atoms with E-state index < -0.39 is 17.1 Å². The van der Waals surface area contributed by atoms with Crippen molar-refractivity contribution in [2.75, 3.05) is 6.61 Å². The van der Waals surface area contributed by atoms with Crippen LogP contribution in [0.25, 0.3) is 0 Å². The van der Waals surface area contributed by atoms with Gasteiger partial charge in [0.25, 0.3) is 9.04 Å². The third-order valence-corrected chi connectivity index (χ3v) is 11.9. The summed E-state index contributed by atoms with van der Waals surface area (Å²) in [5.74, 6) is 0.949. The Morgan fingerprint density at radius 2 is 1.33 bits per heavy atom. The summed E-state index contributed by atoms with van der Waals surface area (Å²) in [5.41, 5.74) is 1.33. The molecule has 0 bridgehead atoms. The minimum Gasteiger partial charge on any atom is -0.537 e. The monoisotopic (exact) mass is 432 g/mol. The van der Waals surface area contributed by atoms with E-state index in [1.165, 1.54) is 28.8 Å². The summed E-state index contributed by atoms with van der Waals surface area (Å²) >= 11 is 0. The van der Waals surface area contributed by atoms with Crippen LogP contribution >= 0.6 is 0 Å². The minimum atomic E-state index is -1.80. The van der Waals surface area contributed by atoms with Crippen LogP contribution in [-0.2, 0) is 9.96 Å². The van der Waals surface area contributed by atoms with E-state index in [1.54, 1.807) is 0 Å². The molecular weight excluding hydrogens is 400 g/mol. The van der Waals surface area contributed by atoms with Crippen LogP contribution in [-0.4, -0.2) is 23.7 Å². The Bertz CT molecular complexity index is 889. The lowest BCUT2D eigenvalue weighted by Crippen LogP contribution is -2.53. The second kappa shape index (κ2) is 8.92. The Morgan fingerprint density at radius 3 is 1.80 bits per heavy atom. The molecule has 0 spiro atoms. The van der Waals surface area contributed by atoms with E-state index in [2.05, 4.69) is 105 Å². The summed E-state index contributed by atoms with van der Waals surface area (Å²) in [6.45, 7) is 8.16. The lowest BCUT2D eigenvalue weighted by molar-refractivity contribution is -0.0297. The number of rotatable bonds is 6. The van der Waals surface area contributed by atoms with E-state index in [0.29, 0.717) is 0 Å². The summed E-state index contributed by atoms with van der Waals surface area (Å²) in [4.78, 5) is 0. The van der Waals surface area contributed by atoms with Gasteiger partial charge in [0.1, 0.15) is 5.75 Å². The smallest absolute Gasteiger partial charge is 0.299 e. The van der Waals surface area contributed by atoms with E-state index >= 15 is 0 Å². The van der Waals surface area contributed by atoms with Gasteiger partial charge in [-0.1, -0.05) is 92.4 Å². The third-order valence-electron chi connectivity index (χ3n) is 6.26. The largest absolute Gasteiger partial charge is 0.537 e. The molecule has 1 heterocycles. The van der Waals surface area contributed by atoms with Crippen molar-refractivity contribution in [2.45, 2.75) is 44.1 Å². The molecule has 0 saturated carbocycles. The van der Waals surface area contributed by atoms with Crippen molar-refractivity contribution in [3.8, 4) is 5.75 Å². The van der Waals surface area contributed by atoms with Gasteiger partial charge >= 0.3 is 0 Å². The summed E-state index contributed by atoms with van der Waals surface area (Å²) in [5, 5.41) is 2.50. The first-order valence-electron chi connectivity index (χ1n) is 11.0. The lowest BCUT2D eigenvalue weighted by Gasteiger charge is -2.46. The van der Waals surface area contributed by atoms with Crippen LogP contribution in [0, 0.1) is 0 Å². The molecule has 0 aliphatic carbocycles. The Balaban J connectivity index is 1.63. The molecule has 0 aromatic heterocycles. The highest BCUT2D eigenvalue weighted by Gasteiger charge is 2.46. The summed E-state index contributed by atoms with van der Waals surface area (Å²) in [6, 6.07) is 30.1. The van der Waals surface area contributed by atoms with Crippen LogP contribution in [0.5, 0.6) is 5.75 Å². The Hall–Kier alpha value is -2.15. The zero-order valence-corrected chi connectivity index (χ0v) is 20.5. The van der Waals surface area contributed by atoms with E-state index in [1.807, 2.05) is 0 Å². The van der Waals surface area contributed by atoms with E-state index in [9.17, 15) is 0 Å². The number of hydrogen-bond donors (Lipinski definition) is 0. The fraction of sp³-hybridized carbons (Fsp3) is 0.308. The van der Waals surface area contributed by atoms with E-state index in [-0.39, 0.29) is 5.22 Å². The van der Waals surface area contributed by atoms with Crippen molar-refractivity contribution in [1.82, 2.24) is 0 Å². The van der Waals surface area contributed by atoms with Gasteiger partial charge < -0.3 is 9.16 Å². The van der Waals surface area contributed by atoms with Gasteiger partial charge in [0.05, 0.1) is 13.3 Å². The molecule has 4 heteroatoms. The van der Waals surface area contributed by atoms with Gasteiger partial charge in [-0.25, -0.2) is 0 Å². The zero-order chi connectivity index (χ0) is 21.0. The van der Waals surface area contributed by atoms with E-state index in [0.717, 1.165) is 18.8 Å². The number of hydrogen-bond acceptors (Lipinski definition) is 2. The normalized spacial score (nSPS) is 19.6. The summed E-state index contributed by atoms with van der Waals surface area (Å²) < 4.78 is 13.2. The highest BCUT2D eigenvalue weighted by Crippen LogP contribution is 2.43. The van der Waals surface area contributed by atoms with Crippen molar-refractivity contribution in [3.05, 3.63) is 90.5 Å². The van der Waals surface area contributed by atoms with Crippen molar-refractivity contribution < 1.29 is 9.16 Å². The van der Waals surface area contributed by atoms with Crippen LogP contribution < -0.4 is 14.8 Å². The number of ether oxygens (including phenoxy) is 1. The number of benzene rings is 3. The molecule has 1 aliphatic rings. The maximum Gasteiger partial charge on any atom is 0.299 e. The van der Waals surface area contributed by atoms with E-state index in [4.69, 9.17) is 9.16 Å². The molecule has 1 unspecified atom stereocenters. The second-order valence-corrected chi connectivity index (χ2v) is 16.9. The molecule has 156 valence electrons. The standard InChI is InChI=1S/C26H32O2Si2/c1-30(2,3)26(20-10-11-21-27-26)22-16-18-23(19-17-22)28-29(24-12-6-4-7-13-24)25-14-8-5-9-15-25/h4-9,12-19,29H,10-11,20-21H2,1-3H3. The molecule has 0 amide bonds. The first-order chi connectivity index (χ1) is 14.5. The molecule has 3 aromatic rings. The molecule has 4 rings (SSSR count). The average Bonchev–Trinajstić information content (AvgIpc) is 2.79. The van der Waals surface area contributed by atoms with Gasteiger partial charge in [-0.3, -0.25) is 0 Å². The Labute approximate surface area is 183 Å². The molecular formula is C26H32O2Si2. The first-order valence-corrected chi connectivity index (χ1v) is 16.1. The predicted octanol–water partition coefficient (Wildman–Crippen LogP) is 4.88. The highest BCUT2D eigenvalue weighted by atomic mass is 28.3. The van der Waals surface area contributed by atoms with Gasteiger partial charge in [-0.05, 0) is 47.3 Å². The first kappa shape index (κ1) is 21.1. The predicted molar refractivity (Wildman–Crippen MR) is 131 cm³/mol. The minimum absolute atomic E-state index is 0.0839. The summed E-state index contributed by atoms with van der Waals surface area (Å²) in [6.07, 6.45) is 3.56. The van der Waals surface area contributed by atoms with Crippen molar-refractivity contribution in [2.24, 2.45) is 0 Å². The van der Waals surface area contributed by atoms with Gasteiger partial charge in [0.2, 0.25) is 0 Å². The average molecular weight is 433 g/mol. The second-order valence-electron chi connectivity index (χ2n) is 9.23. The fourth-order valence-corrected chi connectivity index (χ4v) is 9.29. The molecule has 3 aromatic carbocycles. The highest BCUT2D eigenvalue weighted by molar-refractivity contribution is 6.80. The molecule has 1 fully saturated rings.